The molecule has 5 aromatic rings. The van der Waals surface area contributed by atoms with Gasteiger partial charge in [0.2, 0.25) is 0 Å². The van der Waals surface area contributed by atoms with Crippen molar-refractivity contribution in [3.63, 3.8) is 0 Å². The van der Waals surface area contributed by atoms with E-state index in [9.17, 15) is 22.8 Å². The van der Waals surface area contributed by atoms with Gasteiger partial charge in [0.25, 0.3) is 11.8 Å². The molecule has 3 aromatic carbocycles. The summed E-state index contributed by atoms with van der Waals surface area (Å²) in [6, 6.07) is 21.6. The minimum Gasteiger partial charge on any atom is -0.453 e. The maximum absolute atomic E-state index is 15.2. The summed E-state index contributed by atoms with van der Waals surface area (Å²) in [5, 5.41) is 11.9. The molecular formula is C35H27F4N5O3S. The number of aromatic nitrogens is 1. The van der Waals surface area contributed by atoms with Gasteiger partial charge in [0.15, 0.2) is 11.6 Å². The molecule has 0 atom stereocenters. The second kappa shape index (κ2) is 13.7. The molecule has 0 bridgehead atoms. The van der Waals surface area contributed by atoms with Gasteiger partial charge in [-0.1, -0.05) is 30.3 Å². The highest BCUT2D eigenvalue weighted by Crippen LogP contribution is 2.40. The number of amides is 2. The van der Waals surface area contributed by atoms with Crippen LogP contribution in [0.25, 0.3) is 20.7 Å². The number of rotatable bonds is 9. The molecule has 0 unspecified atom stereocenters. The first-order chi connectivity index (χ1) is 23.1. The van der Waals surface area contributed by atoms with Crippen LogP contribution in [-0.4, -0.2) is 47.2 Å². The first kappa shape index (κ1) is 32.4. The van der Waals surface area contributed by atoms with Crippen molar-refractivity contribution in [2.75, 3.05) is 23.7 Å². The topological polar surface area (TPSA) is 107 Å². The van der Waals surface area contributed by atoms with Crippen molar-refractivity contribution in [2.45, 2.75) is 19.0 Å². The molecule has 3 heterocycles. The van der Waals surface area contributed by atoms with Crippen LogP contribution in [0.3, 0.4) is 0 Å². The zero-order chi connectivity index (χ0) is 33.8. The van der Waals surface area contributed by atoms with E-state index in [2.05, 4.69) is 15.6 Å². The molecule has 0 aliphatic carbocycles. The van der Waals surface area contributed by atoms with Gasteiger partial charge in [-0.05, 0) is 60.9 Å². The van der Waals surface area contributed by atoms with E-state index in [-0.39, 0.29) is 29.2 Å². The van der Waals surface area contributed by atoms with Crippen molar-refractivity contribution >= 4 is 51.0 Å². The summed E-state index contributed by atoms with van der Waals surface area (Å²) in [6.45, 7) is 1.53. The number of thiophene rings is 1. The van der Waals surface area contributed by atoms with Crippen LogP contribution in [0.2, 0.25) is 0 Å². The third kappa shape index (κ3) is 7.05. The van der Waals surface area contributed by atoms with E-state index in [4.69, 9.17) is 10.1 Å². The smallest absolute Gasteiger partial charge is 0.432 e. The van der Waals surface area contributed by atoms with Crippen molar-refractivity contribution < 1.29 is 31.9 Å². The Morgan fingerprint density at radius 1 is 0.896 bits per heavy atom. The number of likely N-dealkylation sites (tertiary alicyclic amines) is 1. The third-order valence-corrected chi connectivity index (χ3v) is 8.77. The van der Waals surface area contributed by atoms with Gasteiger partial charge in [-0.25, -0.2) is 4.39 Å². The Kier molecular flexibility index (Phi) is 9.21. The van der Waals surface area contributed by atoms with Gasteiger partial charge >= 0.3 is 6.18 Å². The Bertz CT molecular complexity index is 2020. The van der Waals surface area contributed by atoms with E-state index in [1.807, 2.05) is 23.1 Å². The fraction of sp³-hybridized carbons (Fsp3) is 0.143. The molecule has 0 saturated carbocycles. The van der Waals surface area contributed by atoms with E-state index < -0.39 is 29.2 Å². The molecule has 0 spiro atoms. The number of hydrogen-bond donors (Lipinski definition) is 3. The van der Waals surface area contributed by atoms with Gasteiger partial charge in [0, 0.05) is 59.4 Å². The van der Waals surface area contributed by atoms with Crippen LogP contribution >= 0.6 is 11.3 Å². The average molecular weight is 674 g/mol. The summed E-state index contributed by atoms with van der Waals surface area (Å²) >= 11 is 1.38. The molecule has 2 aromatic heterocycles. The Morgan fingerprint density at radius 2 is 1.62 bits per heavy atom. The van der Waals surface area contributed by atoms with Crippen LogP contribution in [0.5, 0.6) is 11.5 Å². The van der Waals surface area contributed by atoms with Gasteiger partial charge in [-0.3, -0.25) is 14.6 Å². The lowest BCUT2D eigenvalue weighted by atomic mass is 10.1. The maximum atomic E-state index is 15.2. The van der Waals surface area contributed by atoms with Crippen molar-refractivity contribution in [2.24, 2.45) is 0 Å². The van der Waals surface area contributed by atoms with Crippen molar-refractivity contribution in [3.05, 3.63) is 114 Å². The molecule has 48 heavy (non-hydrogen) atoms. The van der Waals surface area contributed by atoms with Crippen molar-refractivity contribution in [3.8, 4) is 21.9 Å². The lowest BCUT2D eigenvalue weighted by Gasteiger charge is -2.17. The lowest BCUT2D eigenvalue weighted by Crippen LogP contribution is -2.27. The molecular weight excluding hydrogens is 646 g/mol. The SMILES string of the molecule is N=C/C(C(=O)Nc1ccc(Oc2ccnc3cc(-c4ccc(C(=O)N5CCCC5)cc4)sc23)c(F)c1)=C(\Nc1ccccc1)C(F)(F)F. The van der Waals surface area contributed by atoms with Gasteiger partial charge in [0.05, 0.1) is 15.8 Å². The average Bonchev–Trinajstić information content (AvgIpc) is 3.77. The van der Waals surface area contributed by atoms with E-state index in [0.717, 1.165) is 42.4 Å². The predicted molar refractivity (Wildman–Crippen MR) is 177 cm³/mol. The number of nitrogens with zero attached hydrogens (tertiary/aromatic N) is 2. The number of para-hydroxylation sites is 1. The molecule has 13 heteroatoms. The van der Waals surface area contributed by atoms with Crippen LogP contribution in [0.1, 0.15) is 23.2 Å². The second-order valence-electron chi connectivity index (χ2n) is 10.8. The summed E-state index contributed by atoms with van der Waals surface area (Å²) in [5.74, 6) is -2.00. The Morgan fingerprint density at radius 3 is 2.29 bits per heavy atom. The van der Waals surface area contributed by atoms with Crippen LogP contribution in [0.4, 0.5) is 28.9 Å². The van der Waals surface area contributed by atoms with Gasteiger partial charge < -0.3 is 25.7 Å². The molecule has 2 amide bonds. The number of alkyl halides is 3. The molecule has 1 saturated heterocycles. The van der Waals surface area contributed by atoms with Gasteiger partial charge in [-0.2, -0.15) is 13.2 Å². The largest absolute Gasteiger partial charge is 0.453 e. The minimum absolute atomic E-state index is 0.0121. The van der Waals surface area contributed by atoms with E-state index >= 15 is 4.39 Å². The van der Waals surface area contributed by atoms with Gasteiger partial charge in [-0.15, -0.1) is 11.3 Å². The number of ether oxygens (including phenoxy) is 1. The van der Waals surface area contributed by atoms with Crippen molar-refractivity contribution in [1.82, 2.24) is 9.88 Å². The number of allylic oxidation sites excluding steroid dienone is 1. The number of hydrogen-bond acceptors (Lipinski definition) is 7. The zero-order valence-electron chi connectivity index (χ0n) is 25.1. The van der Waals surface area contributed by atoms with E-state index in [1.165, 1.54) is 53.9 Å². The molecule has 6 rings (SSSR count). The van der Waals surface area contributed by atoms with Gasteiger partial charge in [0.1, 0.15) is 11.4 Å². The summed E-state index contributed by atoms with van der Waals surface area (Å²) in [7, 11) is 0. The van der Waals surface area contributed by atoms with Crippen LogP contribution in [0.15, 0.2) is 102 Å². The minimum atomic E-state index is -4.99. The van der Waals surface area contributed by atoms with E-state index in [1.54, 1.807) is 24.3 Å². The first-order valence-corrected chi connectivity index (χ1v) is 15.6. The standard InChI is InChI=1S/C35H27F4N5O3S/c36-26-18-24(43-33(45)25(20-40)32(35(37,38)39)42-23-6-2-1-3-7-23)12-13-28(26)47-29-14-15-41-27-19-30(48-31(27)29)21-8-10-22(11-9-21)34(46)44-16-4-5-17-44/h1-3,6-15,18-20,40,42H,4-5,16-17H2,(H,43,45)/b32-25+,40-20?. The number of carbonyl (C=O) groups excluding carboxylic acids is 2. The molecule has 1 aliphatic heterocycles. The van der Waals surface area contributed by atoms with Crippen LogP contribution < -0.4 is 15.4 Å². The molecule has 1 fully saturated rings. The number of anilines is 2. The number of nitrogens with one attached hydrogen (secondary N) is 3. The monoisotopic (exact) mass is 673 g/mol. The third-order valence-electron chi connectivity index (χ3n) is 7.58. The number of benzene rings is 3. The summed E-state index contributed by atoms with van der Waals surface area (Å²) < 4.78 is 63.4. The van der Waals surface area contributed by atoms with Crippen LogP contribution in [0, 0.1) is 11.2 Å². The number of pyridine rings is 1. The molecule has 1 aliphatic rings. The normalized spacial score (nSPS) is 13.6. The quantitative estimate of drug-likeness (QED) is 0.0825. The molecule has 3 N–H and O–H groups in total. The molecule has 8 nitrogen and oxygen atoms in total. The number of fused-ring (bicyclic) bond motifs is 1. The molecule has 244 valence electrons. The first-order valence-electron chi connectivity index (χ1n) is 14.8. The predicted octanol–water partition coefficient (Wildman–Crippen LogP) is 8.65. The molecule has 0 radical (unpaired) electrons. The highest BCUT2D eigenvalue weighted by Gasteiger charge is 2.38. The fourth-order valence-corrected chi connectivity index (χ4v) is 6.27. The second-order valence-corrected chi connectivity index (χ2v) is 11.9. The number of carbonyl (C=O) groups is 2. The highest BCUT2D eigenvalue weighted by molar-refractivity contribution is 7.22. The Hall–Kier alpha value is -5.56. The fourth-order valence-electron chi connectivity index (χ4n) is 5.20. The van der Waals surface area contributed by atoms with E-state index in [0.29, 0.717) is 21.5 Å². The van der Waals surface area contributed by atoms with Crippen molar-refractivity contribution in [1.29, 1.82) is 5.41 Å². The number of halogens is 4. The zero-order valence-corrected chi connectivity index (χ0v) is 25.9. The van der Waals surface area contributed by atoms with Crippen LogP contribution in [-0.2, 0) is 4.79 Å². The Labute approximate surface area is 276 Å². The lowest BCUT2D eigenvalue weighted by molar-refractivity contribution is -0.114. The summed E-state index contributed by atoms with van der Waals surface area (Å²) in [4.78, 5) is 32.7. The Balaban J connectivity index is 1.19. The highest BCUT2D eigenvalue weighted by atomic mass is 32.1. The summed E-state index contributed by atoms with van der Waals surface area (Å²) in [5.41, 5.74) is -0.402. The summed E-state index contributed by atoms with van der Waals surface area (Å²) in [6.07, 6.45) is -1.16. The maximum Gasteiger partial charge on any atom is 0.432 e.